The third-order valence-corrected chi connectivity index (χ3v) is 4.58. The lowest BCUT2D eigenvalue weighted by atomic mass is 9.97. The summed E-state index contributed by atoms with van der Waals surface area (Å²) in [5, 5.41) is 6.38. The van der Waals surface area contributed by atoms with Crippen LogP contribution in [0, 0.1) is 0 Å². The van der Waals surface area contributed by atoms with Crippen LogP contribution in [0.3, 0.4) is 0 Å². The van der Waals surface area contributed by atoms with E-state index in [9.17, 15) is 4.79 Å². The smallest absolute Gasteiger partial charge is 0.239 e. The number of allylic oxidation sites excluding steroid dienone is 1. The number of anilines is 1. The fraction of sp³-hybridized carbons (Fsp3) is 0.550. The van der Waals surface area contributed by atoms with Crippen molar-refractivity contribution in [3.05, 3.63) is 41.0 Å². The van der Waals surface area contributed by atoms with Gasteiger partial charge in [0.05, 0.1) is 6.54 Å². The number of hydrogen-bond donors (Lipinski definition) is 2. The van der Waals surface area contributed by atoms with Crippen LogP contribution in [0.2, 0.25) is 0 Å². The SMILES string of the molecule is CCc1cccc(CC)c1NCC(=O)NCCC1=CCCCC1. The highest BCUT2D eigenvalue weighted by Gasteiger charge is 2.08. The first kappa shape index (κ1) is 17.6. The molecule has 1 aliphatic carbocycles. The molecule has 23 heavy (non-hydrogen) atoms. The number of carbonyl (C=O) groups is 1. The zero-order valence-corrected chi connectivity index (χ0v) is 14.6. The number of amides is 1. The third kappa shape index (κ3) is 5.42. The predicted octanol–water partition coefficient (Wildman–Crippen LogP) is 4.23. The first-order chi connectivity index (χ1) is 11.2. The zero-order valence-electron chi connectivity index (χ0n) is 14.6. The Balaban J connectivity index is 1.79. The molecule has 2 rings (SSSR count). The first-order valence-electron chi connectivity index (χ1n) is 9.03. The Morgan fingerprint density at radius 2 is 1.87 bits per heavy atom. The van der Waals surface area contributed by atoms with E-state index in [2.05, 4.69) is 48.8 Å². The minimum Gasteiger partial charge on any atom is -0.376 e. The fourth-order valence-electron chi connectivity index (χ4n) is 3.19. The van der Waals surface area contributed by atoms with Gasteiger partial charge in [0.15, 0.2) is 0 Å². The fourth-order valence-corrected chi connectivity index (χ4v) is 3.19. The van der Waals surface area contributed by atoms with E-state index in [0.29, 0.717) is 6.54 Å². The summed E-state index contributed by atoms with van der Waals surface area (Å²) in [6.45, 7) is 5.40. The molecule has 0 saturated carbocycles. The van der Waals surface area contributed by atoms with E-state index in [1.54, 1.807) is 0 Å². The molecule has 0 atom stereocenters. The third-order valence-electron chi connectivity index (χ3n) is 4.58. The zero-order chi connectivity index (χ0) is 16.5. The molecule has 0 saturated heterocycles. The topological polar surface area (TPSA) is 41.1 Å². The van der Waals surface area contributed by atoms with Gasteiger partial charge in [-0.15, -0.1) is 0 Å². The van der Waals surface area contributed by atoms with Crippen molar-refractivity contribution in [1.29, 1.82) is 0 Å². The molecule has 1 aliphatic rings. The maximum absolute atomic E-state index is 12.1. The largest absolute Gasteiger partial charge is 0.376 e. The van der Waals surface area contributed by atoms with Crippen molar-refractivity contribution in [2.24, 2.45) is 0 Å². The summed E-state index contributed by atoms with van der Waals surface area (Å²) in [4.78, 5) is 12.1. The van der Waals surface area contributed by atoms with Gasteiger partial charge < -0.3 is 10.6 Å². The number of benzene rings is 1. The highest BCUT2D eigenvalue weighted by Crippen LogP contribution is 2.22. The molecule has 3 nitrogen and oxygen atoms in total. The van der Waals surface area contributed by atoms with Crippen molar-refractivity contribution < 1.29 is 4.79 Å². The van der Waals surface area contributed by atoms with Crippen molar-refractivity contribution in [3.63, 3.8) is 0 Å². The standard InChI is InChI=1S/C20H30N2O/c1-3-17-11-8-12-18(4-2)20(17)22-15-19(23)21-14-13-16-9-6-5-7-10-16/h8-9,11-12,22H,3-7,10,13-15H2,1-2H3,(H,21,23). The molecule has 0 unspecified atom stereocenters. The Hall–Kier alpha value is -1.77. The van der Waals surface area contributed by atoms with E-state index >= 15 is 0 Å². The van der Waals surface area contributed by atoms with E-state index < -0.39 is 0 Å². The van der Waals surface area contributed by atoms with Crippen molar-refractivity contribution in [2.75, 3.05) is 18.4 Å². The minimum atomic E-state index is 0.0781. The molecule has 2 N–H and O–H groups in total. The van der Waals surface area contributed by atoms with Gasteiger partial charge in [0.2, 0.25) is 5.91 Å². The lowest BCUT2D eigenvalue weighted by Crippen LogP contribution is -2.31. The van der Waals surface area contributed by atoms with Crippen LogP contribution < -0.4 is 10.6 Å². The molecule has 0 heterocycles. The predicted molar refractivity (Wildman–Crippen MR) is 97.9 cm³/mol. The monoisotopic (exact) mass is 314 g/mol. The van der Waals surface area contributed by atoms with Crippen LogP contribution in [0.1, 0.15) is 57.1 Å². The van der Waals surface area contributed by atoms with Crippen LogP contribution in [-0.4, -0.2) is 19.0 Å². The summed E-state index contributed by atoms with van der Waals surface area (Å²) >= 11 is 0. The summed E-state index contributed by atoms with van der Waals surface area (Å²) < 4.78 is 0. The second kappa shape index (κ2) is 9.39. The molecule has 0 bridgehead atoms. The van der Waals surface area contributed by atoms with E-state index in [4.69, 9.17) is 0 Å². The number of hydrogen-bond acceptors (Lipinski definition) is 2. The molecule has 1 amide bonds. The van der Waals surface area contributed by atoms with Crippen LogP contribution in [0.15, 0.2) is 29.8 Å². The molecular weight excluding hydrogens is 284 g/mol. The van der Waals surface area contributed by atoms with Gasteiger partial charge in [0.25, 0.3) is 0 Å². The van der Waals surface area contributed by atoms with Crippen LogP contribution in [0.25, 0.3) is 0 Å². The molecule has 1 aromatic rings. The summed E-state index contributed by atoms with van der Waals surface area (Å²) in [7, 11) is 0. The number of aryl methyl sites for hydroxylation is 2. The summed E-state index contributed by atoms with van der Waals surface area (Å²) in [6.07, 6.45) is 10.3. The van der Waals surface area contributed by atoms with Crippen LogP contribution in [-0.2, 0) is 17.6 Å². The lowest BCUT2D eigenvalue weighted by molar-refractivity contribution is -0.119. The van der Waals surface area contributed by atoms with Gasteiger partial charge in [-0.05, 0) is 56.1 Å². The van der Waals surface area contributed by atoms with Gasteiger partial charge in [-0.1, -0.05) is 43.7 Å². The Morgan fingerprint density at radius 1 is 1.13 bits per heavy atom. The second-order valence-electron chi connectivity index (χ2n) is 6.22. The lowest BCUT2D eigenvalue weighted by Gasteiger charge is -2.16. The summed E-state index contributed by atoms with van der Waals surface area (Å²) in [5.74, 6) is 0.0781. The van der Waals surface area contributed by atoms with E-state index in [1.165, 1.54) is 42.4 Å². The van der Waals surface area contributed by atoms with Crippen molar-refractivity contribution in [2.45, 2.75) is 58.8 Å². The van der Waals surface area contributed by atoms with Gasteiger partial charge in [-0.3, -0.25) is 4.79 Å². The Bertz CT molecular complexity index is 526. The minimum absolute atomic E-state index is 0.0781. The van der Waals surface area contributed by atoms with Gasteiger partial charge in [0.1, 0.15) is 0 Å². The molecular formula is C20H30N2O. The maximum Gasteiger partial charge on any atom is 0.239 e. The second-order valence-corrected chi connectivity index (χ2v) is 6.22. The molecule has 0 aliphatic heterocycles. The molecule has 0 fully saturated rings. The van der Waals surface area contributed by atoms with E-state index in [0.717, 1.165) is 31.5 Å². The van der Waals surface area contributed by atoms with Crippen LogP contribution in [0.4, 0.5) is 5.69 Å². The molecule has 126 valence electrons. The Kier molecular flexibility index (Phi) is 7.18. The average Bonchev–Trinajstić information content (AvgIpc) is 2.60. The Labute approximate surface area is 140 Å². The van der Waals surface area contributed by atoms with Crippen molar-refractivity contribution in [1.82, 2.24) is 5.32 Å². The quantitative estimate of drug-likeness (QED) is 0.705. The number of rotatable bonds is 8. The van der Waals surface area contributed by atoms with E-state index in [1.807, 2.05) is 0 Å². The van der Waals surface area contributed by atoms with Crippen LogP contribution >= 0.6 is 0 Å². The van der Waals surface area contributed by atoms with Gasteiger partial charge >= 0.3 is 0 Å². The van der Waals surface area contributed by atoms with Gasteiger partial charge in [0, 0.05) is 12.2 Å². The summed E-state index contributed by atoms with van der Waals surface area (Å²) in [6, 6.07) is 6.37. The number of carbonyl (C=O) groups excluding carboxylic acids is 1. The van der Waals surface area contributed by atoms with Gasteiger partial charge in [-0.2, -0.15) is 0 Å². The normalized spacial score (nSPS) is 14.3. The first-order valence-corrected chi connectivity index (χ1v) is 9.03. The molecule has 3 heteroatoms. The highest BCUT2D eigenvalue weighted by molar-refractivity contribution is 5.81. The molecule has 1 aromatic carbocycles. The van der Waals surface area contributed by atoms with Crippen LogP contribution in [0.5, 0.6) is 0 Å². The number of para-hydroxylation sites is 1. The van der Waals surface area contributed by atoms with Gasteiger partial charge in [-0.25, -0.2) is 0 Å². The average molecular weight is 314 g/mol. The summed E-state index contributed by atoms with van der Waals surface area (Å²) in [5.41, 5.74) is 5.21. The Morgan fingerprint density at radius 3 is 2.48 bits per heavy atom. The van der Waals surface area contributed by atoms with Crippen molar-refractivity contribution in [3.8, 4) is 0 Å². The molecule has 0 radical (unpaired) electrons. The maximum atomic E-state index is 12.1. The van der Waals surface area contributed by atoms with E-state index in [-0.39, 0.29) is 5.91 Å². The highest BCUT2D eigenvalue weighted by atomic mass is 16.1. The molecule has 0 spiro atoms. The number of nitrogens with one attached hydrogen (secondary N) is 2. The van der Waals surface area contributed by atoms with Crippen molar-refractivity contribution >= 4 is 11.6 Å². The molecule has 0 aromatic heterocycles.